The van der Waals surface area contributed by atoms with Crippen LogP contribution in [-0.2, 0) is 0 Å². The van der Waals surface area contributed by atoms with Crippen molar-refractivity contribution in [2.24, 2.45) is 0 Å². The molecule has 2 nitrogen and oxygen atoms in total. The molecule has 84 valence electrons. The Morgan fingerprint density at radius 3 is 2.27 bits per heavy atom. The second kappa shape index (κ2) is 5.99. The van der Waals surface area contributed by atoms with E-state index in [1.165, 1.54) is 5.56 Å². The van der Waals surface area contributed by atoms with Gasteiger partial charge in [-0.15, -0.1) is 11.6 Å². The van der Waals surface area contributed by atoms with Crippen LogP contribution in [0.1, 0.15) is 18.5 Å². The van der Waals surface area contributed by atoms with Gasteiger partial charge < -0.3 is 9.64 Å². The molecule has 0 aliphatic rings. The molecule has 0 radical (unpaired) electrons. The van der Waals surface area contributed by atoms with Gasteiger partial charge in [0.25, 0.3) is 0 Å². The van der Waals surface area contributed by atoms with Crippen LogP contribution >= 0.6 is 11.6 Å². The van der Waals surface area contributed by atoms with Gasteiger partial charge in [0.1, 0.15) is 5.75 Å². The van der Waals surface area contributed by atoms with Crippen LogP contribution in [0.2, 0.25) is 0 Å². The standard InChI is InChI=1S/C12H18ClNO/c1-4-15-11-7-5-10(6-8-11)12(9-13)14(2)3/h5-8,12H,4,9H2,1-3H3. The average molecular weight is 228 g/mol. The van der Waals surface area contributed by atoms with Gasteiger partial charge in [-0.1, -0.05) is 12.1 Å². The highest BCUT2D eigenvalue weighted by Crippen LogP contribution is 2.22. The maximum atomic E-state index is 5.93. The van der Waals surface area contributed by atoms with Gasteiger partial charge in [-0.25, -0.2) is 0 Å². The number of rotatable bonds is 5. The first kappa shape index (κ1) is 12.3. The van der Waals surface area contributed by atoms with E-state index in [1.807, 2.05) is 33.2 Å². The minimum atomic E-state index is 0.266. The van der Waals surface area contributed by atoms with Crippen molar-refractivity contribution in [2.45, 2.75) is 13.0 Å². The Bertz CT molecular complexity index is 284. The summed E-state index contributed by atoms with van der Waals surface area (Å²) in [5.41, 5.74) is 1.22. The molecule has 15 heavy (non-hydrogen) atoms. The van der Waals surface area contributed by atoms with Gasteiger partial charge in [-0.3, -0.25) is 0 Å². The van der Waals surface area contributed by atoms with Crippen molar-refractivity contribution < 1.29 is 4.74 Å². The molecule has 1 rings (SSSR count). The summed E-state index contributed by atoms with van der Waals surface area (Å²) < 4.78 is 5.39. The molecular weight excluding hydrogens is 210 g/mol. The Kier molecular flexibility index (Phi) is 4.92. The summed E-state index contributed by atoms with van der Waals surface area (Å²) in [6.45, 7) is 2.68. The first-order valence-corrected chi connectivity index (χ1v) is 5.67. The maximum Gasteiger partial charge on any atom is 0.119 e. The Morgan fingerprint density at radius 1 is 1.27 bits per heavy atom. The lowest BCUT2D eigenvalue weighted by atomic mass is 10.1. The van der Waals surface area contributed by atoms with Crippen LogP contribution in [0.25, 0.3) is 0 Å². The van der Waals surface area contributed by atoms with Crippen LogP contribution in [-0.4, -0.2) is 31.5 Å². The number of halogens is 1. The molecule has 0 fully saturated rings. The van der Waals surface area contributed by atoms with Crippen molar-refractivity contribution in [3.63, 3.8) is 0 Å². The summed E-state index contributed by atoms with van der Waals surface area (Å²) in [4.78, 5) is 2.11. The largest absolute Gasteiger partial charge is 0.494 e. The van der Waals surface area contributed by atoms with E-state index in [2.05, 4.69) is 17.0 Å². The van der Waals surface area contributed by atoms with Crippen molar-refractivity contribution >= 4 is 11.6 Å². The SMILES string of the molecule is CCOc1ccc(C(CCl)N(C)C)cc1. The topological polar surface area (TPSA) is 12.5 Å². The number of ether oxygens (including phenoxy) is 1. The molecule has 1 unspecified atom stereocenters. The van der Waals surface area contributed by atoms with Crippen LogP contribution in [0.5, 0.6) is 5.75 Å². The summed E-state index contributed by atoms with van der Waals surface area (Å²) in [5, 5.41) is 0. The van der Waals surface area contributed by atoms with E-state index in [0.29, 0.717) is 12.5 Å². The summed E-state index contributed by atoms with van der Waals surface area (Å²) in [7, 11) is 4.06. The lowest BCUT2D eigenvalue weighted by molar-refractivity contribution is 0.322. The van der Waals surface area contributed by atoms with Gasteiger partial charge in [0, 0.05) is 11.9 Å². The van der Waals surface area contributed by atoms with Gasteiger partial charge in [-0.05, 0) is 38.7 Å². The molecule has 0 N–H and O–H groups in total. The van der Waals surface area contributed by atoms with E-state index in [1.54, 1.807) is 0 Å². The fourth-order valence-electron chi connectivity index (χ4n) is 1.48. The lowest BCUT2D eigenvalue weighted by Crippen LogP contribution is -2.21. The molecule has 1 aromatic carbocycles. The molecule has 1 aromatic rings. The second-order valence-electron chi connectivity index (χ2n) is 3.64. The fraction of sp³-hybridized carbons (Fsp3) is 0.500. The van der Waals surface area contributed by atoms with Crippen molar-refractivity contribution in [3.8, 4) is 5.75 Å². The minimum absolute atomic E-state index is 0.266. The Labute approximate surface area is 96.8 Å². The number of hydrogen-bond donors (Lipinski definition) is 0. The monoisotopic (exact) mass is 227 g/mol. The summed E-state index contributed by atoms with van der Waals surface area (Å²) >= 11 is 5.93. The van der Waals surface area contributed by atoms with E-state index in [0.717, 1.165) is 5.75 Å². The van der Waals surface area contributed by atoms with Gasteiger partial charge in [-0.2, -0.15) is 0 Å². The zero-order valence-corrected chi connectivity index (χ0v) is 10.3. The van der Waals surface area contributed by atoms with Crippen LogP contribution in [0.4, 0.5) is 0 Å². The van der Waals surface area contributed by atoms with Crippen molar-refractivity contribution in [1.82, 2.24) is 4.90 Å². The highest BCUT2D eigenvalue weighted by Gasteiger charge is 2.12. The maximum absolute atomic E-state index is 5.93. The summed E-state index contributed by atoms with van der Waals surface area (Å²) in [5.74, 6) is 1.51. The quantitative estimate of drug-likeness (QED) is 0.718. The fourth-order valence-corrected chi connectivity index (χ4v) is 1.93. The molecule has 0 saturated carbocycles. The number of alkyl halides is 1. The molecule has 0 heterocycles. The Balaban J connectivity index is 2.77. The minimum Gasteiger partial charge on any atom is -0.494 e. The third-order valence-corrected chi connectivity index (χ3v) is 2.64. The Morgan fingerprint density at radius 2 is 1.87 bits per heavy atom. The molecule has 0 aromatic heterocycles. The molecule has 0 aliphatic carbocycles. The van der Waals surface area contributed by atoms with E-state index in [9.17, 15) is 0 Å². The van der Waals surface area contributed by atoms with E-state index in [-0.39, 0.29) is 6.04 Å². The van der Waals surface area contributed by atoms with Crippen molar-refractivity contribution in [3.05, 3.63) is 29.8 Å². The summed E-state index contributed by atoms with van der Waals surface area (Å²) in [6.07, 6.45) is 0. The molecule has 0 amide bonds. The predicted octanol–water partition coefficient (Wildman–Crippen LogP) is 2.93. The summed E-state index contributed by atoms with van der Waals surface area (Å²) in [6, 6.07) is 8.38. The van der Waals surface area contributed by atoms with Crippen LogP contribution in [0.3, 0.4) is 0 Å². The van der Waals surface area contributed by atoms with E-state index >= 15 is 0 Å². The molecule has 0 aliphatic heterocycles. The number of hydrogen-bond acceptors (Lipinski definition) is 2. The van der Waals surface area contributed by atoms with Gasteiger partial charge in [0.15, 0.2) is 0 Å². The molecule has 0 spiro atoms. The third-order valence-electron chi connectivity index (χ3n) is 2.35. The van der Waals surface area contributed by atoms with E-state index in [4.69, 9.17) is 16.3 Å². The zero-order chi connectivity index (χ0) is 11.3. The molecule has 1 atom stereocenters. The number of nitrogens with zero attached hydrogens (tertiary/aromatic N) is 1. The first-order valence-electron chi connectivity index (χ1n) is 5.14. The molecule has 0 bridgehead atoms. The van der Waals surface area contributed by atoms with Gasteiger partial charge >= 0.3 is 0 Å². The molecule has 3 heteroatoms. The first-order chi connectivity index (χ1) is 7.19. The smallest absolute Gasteiger partial charge is 0.119 e. The second-order valence-corrected chi connectivity index (χ2v) is 3.94. The van der Waals surface area contributed by atoms with Gasteiger partial charge in [0.05, 0.1) is 6.61 Å². The lowest BCUT2D eigenvalue weighted by Gasteiger charge is -2.22. The number of benzene rings is 1. The highest BCUT2D eigenvalue weighted by molar-refractivity contribution is 6.18. The van der Waals surface area contributed by atoms with Crippen molar-refractivity contribution in [2.75, 3.05) is 26.6 Å². The van der Waals surface area contributed by atoms with Gasteiger partial charge in [0.2, 0.25) is 0 Å². The zero-order valence-electron chi connectivity index (χ0n) is 9.53. The third kappa shape index (κ3) is 3.40. The highest BCUT2D eigenvalue weighted by atomic mass is 35.5. The molecular formula is C12H18ClNO. The Hall–Kier alpha value is -0.730. The normalized spacial score (nSPS) is 12.9. The average Bonchev–Trinajstić information content (AvgIpc) is 2.21. The van der Waals surface area contributed by atoms with Crippen molar-refractivity contribution in [1.29, 1.82) is 0 Å². The van der Waals surface area contributed by atoms with E-state index < -0.39 is 0 Å². The van der Waals surface area contributed by atoms with Crippen LogP contribution in [0.15, 0.2) is 24.3 Å². The van der Waals surface area contributed by atoms with Crippen LogP contribution < -0.4 is 4.74 Å². The van der Waals surface area contributed by atoms with Crippen LogP contribution in [0, 0.1) is 0 Å². The predicted molar refractivity (Wildman–Crippen MR) is 64.8 cm³/mol. The molecule has 0 saturated heterocycles.